The van der Waals surface area contributed by atoms with Crippen molar-refractivity contribution in [1.29, 1.82) is 0 Å². The predicted molar refractivity (Wildman–Crippen MR) is 68.0 cm³/mol. The van der Waals surface area contributed by atoms with Crippen molar-refractivity contribution >= 4 is 23.4 Å². The third kappa shape index (κ3) is 4.19. The van der Waals surface area contributed by atoms with Crippen molar-refractivity contribution in [2.75, 3.05) is 32.1 Å². The summed E-state index contributed by atoms with van der Waals surface area (Å²) in [6, 6.07) is 0. The summed E-state index contributed by atoms with van der Waals surface area (Å²) in [7, 11) is 0. The molecule has 0 atom stereocenters. The van der Waals surface area contributed by atoms with Crippen molar-refractivity contribution in [3.8, 4) is 0 Å². The summed E-state index contributed by atoms with van der Waals surface area (Å²) in [4.78, 5) is 26.6. The fourth-order valence-corrected chi connectivity index (χ4v) is 2.17. The molecule has 1 rings (SSSR count). The third-order valence-electron chi connectivity index (χ3n) is 3.09. The fraction of sp³-hybridized carbons (Fsp3) is 0.833. The van der Waals surface area contributed by atoms with Gasteiger partial charge in [-0.25, -0.2) is 0 Å². The number of amides is 2. The number of hydrogen-bond donors (Lipinski definition) is 0. The van der Waals surface area contributed by atoms with Gasteiger partial charge >= 0.3 is 11.8 Å². The molecule has 0 saturated carbocycles. The van der Waals surface area contributed by atoms with E-state index in [1.807, 2.05) is 6.92 Å². The molecule has 17 heavy (non-hydrogen) atoms. The van der Waals surface area contributed by atoms with Gasteiger partial charge in [0, 0.05) is 32.1 Å². The smallest absolute Gasteiger partial charge is 0.312 e. The maximum Gasteiger partial charge on any atom is 0.312 e. The van der Waals surface area contributed by atoms with E-state index in [-0.39, 0.29) is 11.8 Å². The monoisotopic (exact) mass is 260 g/mol. The molecule has 98 valence electrons. The summed E-state index contributed by atoms with van der Waals surface area (Å²) in [5.74, 6) is 0.0158. The Morgan fingerprint density at radius 1 is 1.00 bits per heavy atom. The van der Waals surface area contributed by atoms with Crippen LogP contribution in [0, 0.1) is 0 Å². The van der Waals surface area contributed by atoms with Crippen LogP contribution in [0.2, 0.25) is 0 Å². The van der Waals surface area contributed by atoms with Crippen LogP contribution in [-0.2, 0) is 9.59 Å². The average Bonchev–Trinajstić information content (AvgIpc) is 2.34. The number of nitrogens with zero attached hydrogens (tertiary/aromatic N) is 2. The Hall–Kier alpha value is -0.770. The van der Waals surface area contributed by atoms with Gasteiger partial charge < -0.3 is 9.80 Å². The van der Waals surface area contributed by atoms with Gasteiger partial charge in [0.15, 0.2) is 0 Å². The Kier molecular flexibility index (Phi) is 6.34. The Bertz CT molecular complexity index is 271. The SMILES string of the molecule is CCN1CCN(CCCCCCCl)C(=O)C1=O. The molecule has 2 amide bonds. The van der Waals surface area contributed by atoms with E-state index in [0.29, 0.717) is 32.1 Å². The topological polar surface area (TPSA) is 40.6 Å². The van der Waals surface area contributed by atoms with Crippen molar-refractivity contribution in [2.45, 2.75) is 32.6 Å². The maximum atomic E-state index is 11.7. The van der Waals surface area contributed by atoms with E-state index >= 15 is 0 Å². The first-order chi connectivity index (χ1) is 8.20. The van der Waals surface area contributed by atoms with Crippen molar-refractivity contribution < 1.29 is 9.59 Å². The first-order valence-electron chi connectivity index (χ1n) is 6.34. The number of unbranched alkanes of at least 4 members (excludes halogenated alkanes) is 3. The predicted octanol–water partition coefficient (Wildman–Crippen LogP) is 1.48. The number of alkyl halides is 1. The Labute approximate surface area is 108 Å². The van der Waals surface area contributed by atoms with Gasteiger partial charge in [-0.3, -0.25) is 9.59 Å². The summed E-state index contributed by atoms with van der Waals surface area (Å²) in [6.07, 6.45) is 4.16. The molecular weight excluding hydrogens is 240 g/mol. The molecule has 1 fully saturated rings. The molecule has 4 nitrogen and oxygen atoms in total. The number of carbonyl (C=O) groups is 2. The molecule has 1 heterocycles. The number of carbonyl (C=O) groups excluding carboxylic acids is 2. The average molecular weight is 261 g/mol. The van der Waals surface area contributed by atoms with Crippen molar-refractivity contribution in [3.63, 3.8) is 0 Å². The molecule has 0 aromatic carbocycles. The van der Waals surface area contributed by atoms with Crippen LogP contribution in [0.4, 0.5) is 0 Å². The summed E-state index contributed by atoms with van der Waals surface area (Å²) in [5, 5.41) is 0. The van der Waals surface area contributed by atoms with Crippen LogP contribution >= 0.6 is 11.6 Å². The molecule has 0 aromatic rings. The second kappa shape index (κ2) is 7.54. The molecule has 1 aliphatic heterocycles. The minimum atomic E-state index is -0.348. The van der Waals surface area contributed by atoms with Gasteiger partial charge in [-0.05, 0) is 19.8 Å². The van der Waals surface area contributed by atoms with Gasteiger partial charge in [0.2, 0.25) is 0 Å². The van der Waals surface area contributed by atoms with Crippen LogP contribution in [0.1, 0.15) is 32.6 Å². The van der Waals surface area contributed by atoms with E-state index in [1.165, 1.54) is 0 Å². The fourth-order valence-electron chi connectivity index (χ4n) is 1.98. The van der Waals surface area contributed by atoms with E-state index in [1.54, 1.807) is 9.80 Å². The molecule has 5 heteroatoms. The molecule has 1 aliphatic rings. The van der Waals surface area contributed by atoms with Crippen molar-refractivity contribution in [3.05, 3.63) is 0 Å². The molecule has 0 spiro atoms. The standard InChI is InChI=1S/C12H21ClN2O2/c1-2-14-9-10-15(12(17)11(14)16)8-6-4-3-5-7-13/h2-10H2,1H3. The lowest BCUT2D eigenvalue weighted by atomic mass is 10.2. The van der Waals surface area contributed by atoms with Gasteiger partial charge in [-0.1, -0.05) is 12.8 Å². The highest BCUT2D eigenvalue weighted by atomic mass is 35.5. The van der Waals surface area contributed by atoms with E-state index in [0.717, 1.165) is 25.7 Å². The maximum absolute atomic E-state index is 11.7. The van der Waals surface area contributed by atoms with Crippen molar-refractivity contribution in [1.82, 2.24) is 9.80 Å². The van der Waals surface area contributed by atoms with Crippen LogP contribution in [0.15, 0.2) is 0 Å². The highest BCUT2D eigenvalue weighted by Crippen LogP contribution is 2.08. The van der Waals surface area contributed by atoms with Crippen LogP contribution in [0.3, 0.4) is 0 Å². The molecule has 1 saturated heterocycles. The zero-order valence-electron chi connectivity index (χ0n) is 10.5. The van der Waals surface area contributed by atoms with Crippen LogP contribution in [-0.4, -0.2) is 53.7 Å². The molecule has 0 unspecified atom stereocenters. The Balaban J connectivity index is 2.26. The van der Waals surface area contributed by atoms with Gasteiger partial charge in [-0.15, -0.1) is 11.6 Å². The molecule has 0 N–H and O–H groups in total. The van der Waals surface area contributed by atoms with E-state index < -0.39 is 0 Å². The van der Waals surface area contributed by atoms with Crippen LogP contribution in [0.25, 0.3) is 0 Å². The molecule has 0 aliphatic carbocycles. The molecule has 0 radical (unpaired) electrons. The summed E-state index contributed by atoms with van der Waals surface area (Å²) in [5.41, 5.74) is 0. The highest BCUT2D eigenvalue weighted by molar-refractivity contribution is 6.35. The molecule has 0 bridgehead atoms. The summed E-state index contributed by atoms with van der Waals surface area (Å²) in [6.45, 7) is 4.56. The summed E-state index contributed by atoms with van der Waals surface area (Å²) >= 11 is 5.59. The highest BCUT2D eigenvalue weighted by Gasteiger charge is 2.30. The Morgan fingerprint density at radius 2 is 1.59 bits per heavy atom. The first kappa shape index (κ1) is 14.3. The van der Waals surface area contributed by atoms with Crippen LogP contribution in [0.5, 0.6) is 0 Å². The zero-order valence-corrected chi connectivity index (χ0v) is 11.2. The first-order valence-corrected chi connectivity index (χ1v) is 6.88. The number of likely N-dealkylation sites (N-methyl/N-ethyl adjacent to an activating group) is 1. The minimum absolute atomic E-state index is 0.338. The summed E-state index contributed by atoms with van der Waals surface area (Å²) < 4.78 is 0. The van der Waals surface area contributed by atoms with Gasteiger partial charge in [0.05, 0.1) is 0 Å². The second-order valence-corrected chi connectivity index (χ2v) is 4.66. The van der Waals surface area contributed by atoms with Gasteiger partial charge in [-0.2, -0.15) is 0 Å². The molecular formula is C12H21ClN2O2. The Morgan fingerprint density at radius 3 is 2.24 bits per heavy atom. The number of halogens is 1. The van der Waals surface area contributed by atoms with Gasteiger partial charge in [0.1, 0.15) is 0 Å². The zero-order chi connectivity index (χ0) is 12.7. The van der Waals surface area contributed by atoms with Gasteiger partial charge in [0.25, 0.3) is 0 Å². The second-order valence-electron chi connectivity index (χ2n) is 4.28. The molecule has 0 aromatic heterocycles. The van der Waals surface area contributed by atoms with E-state index in [4.69, 9.17) is 11.6 Å². The number of rotatable bonds is 7. The van der Waals surface area contributed by atoms with Crippen LogP contribution < -0.4 is 0 Å². The lowest BCUT2D eigenvalue weighted by Crippen LogP contribution is -2.54. The lowest BCUT2D eigenvalue weighted by molar-refractivity contribution is -0.155. The largest absolute Gasteiger partial charge is 0.333 e. The third-order valence-corrected chi connectivity index (χ3v) is 3.36. The lowest BCUT2D eigenvalue weighted by Gasteiger charge is -2.33. The number of piperazine rings is 1. The minimum Gasteiger partial charge on any atom is -0.333 e. The number of hydrogen-bond acceptors (Lipinski definition) is 2. The van der Waals surface area contributed by atoms with E-state index in [2.05, 4.69) is 0 Å². The van der Waals surface area contributed by atoms with Crippen molar-refractivity contribution in [2.24, 2.45) is 0 Å². The van der Waals surface area contributed by atoms with E-state index in [9.17, 15) is 9.59 Å². The normalized spacial score (nSPS) is 16.8. The quantitative estimate of drug-likeness (QED) is 0.395.